The smallest absolute Gasteiger partial charge is 0.421 e. The van der Waals surface area contributed by atoms with Gasteiger partial charge in [-0.25, -0.2) is 9.36 Å². The van der Waals surface area contributed by atoms with Crippen LogP contribution in [-0.4, -0.2) is 12.2 Å². The van der Waals surface area contributed by atoms with Crippen LogP contribution < -0.4 is 10.1 Å². The van der Waals surface area contributed by atoms with Gasteiger partial charge in [0.2, 0.25) is 0 Å². The minimum atomic E-state index is -3.81. The van der Waals surface area contributed by atoms with Crippen molar-refractivity contribution in [2.75, 3.05) is 0 Å². The molecule has 0 atom stereocenters. The maximum atomic E-state index is 12.7. The molecule has 0 radical (unpaired) electrons. The van der Waals surface area contributed by atoms with E-state index in [0.717, 1.165) is 0 Å². The summed E-state index contributed by atoms with van der Waals surface area (Å²) in [5.74, 6) is 0.206. The summed E-state index contributed by atoms with van der Waals surface area (Å²) in [5, 5.41) is 0.699. The van der Waals surface area contributed by atoms with Crippen LogP contribution in [0.1, 0.15) is 33.3 Å². The van der Waals surface area contributed by atoms with E-state index in [0.29, 0.717) is 10.9 Å². The van der Waals surface area contributed by atoms with Crippen LogP contribution in [0.4, 0.5) is 0 Å². The molecule has 0 amide bonds. The zero-order valence-electron chi connectivity index (χ0n) is 14.2. The lowest BCUT2D eigenvalue weighted by molar-refractivity contribution is 0.103. The highest BCUT2D eigenvalue weighted by Crippen LogP contribution is 2.51. The molecule has 8 heteroatoms. The maximum absolute atomic E-state index is 12.7. The molecule has 0 unspecified atom stereocenters. The molecule has 0 N–H and O–H groups in total. The van der Waals surface area contributed by atoms with Gasteiger partial charge in [0, 0.05) is 11.5 Å². The molecule has 1 aromatic carbocycles. The highest BCUT2D eigenvalue weighted by atomic mass is 35.5. The fourth-order valence-corrected chi connectivity index (χ4v) is 3.76. The molecule has 6 nitrogen and oxygen atoms in total. The van der Waals surface area contributed by atoms with Gasteiger partial charge in [-0.1, -0.05) is 11.6 Å². The Bertz CT molecular complexity index is 828. The molecule has 132 valence electrons. The van der Waals surface area contributed by atoms with Crippen LogP contribution >= 0.6 is 19.4 Å². The van der Waals surface area contributed by atoms with Gasteiger partial charge in [-0.2, -0.15) is 0 Å². The van der Waals surface area contributed by atoms with Crippen LogP contribution in [0.2, 0.25) is 5.02 Å². The minimum Gasteiger partial charge on any atom is -0.421 e. The lowest BCUT2D eigenvalue weighted by Crippen LogP contribution is -2.11. The zero-order chi connectivity index (χ0) is 18.1. The first-order valence-corrected chi connectivity index (χ1v) is 9.34. The zero-order valence-corrected chi connectivity index (χ0v) is 15.8. The number of aryl methyl sites for hydroxylation is 1. The molecule has 0 saturated heterocycles. The van der Waals surface area contributed by atoms with E-state index in [4.69, 9.17) is 29.6 Å². The molecular weight excluding hydrogens is 355 g/mol. The number of phosphoric acid groups is 1. The van der Waals surface area contributed by atoms with Crippen LogP contribution in [-0.2, 0) is 13.6 Å². The number of halogens is 1. The topological polar surface area (TPSA) is 75.0 Å². The van der Waals surface area contributed by atoms with E-state index in [2.05, 4.69) is 0 Å². The van der Waals surface area contributed by atoms with E-state index < -0.39 is 13.4 Å². The maximum Gasteiger partial charge on any atom is 0.530 e. The summed E-state index contributed by atoms with van der Waals surface area (Å²) >= 11 is 5.90. The van der Waals surface area contributed by atoms with Gasteiger partial charge in [-0.3, -0.25) is 9.05 Å². The molecule has 0 aliphatic carbocycles. The first-order valence-electron chi connectivity index (χ1n) is 7.50. The highest BCUT2D eigenvalue weighted by molar-refractivity contribution is 7.49. The molecule has 0 spiro atoms. The van der Waals surface area contributed by atoms with Gasteiger partial charge < -0.3 is 8.94 Å². The molecule has 24 heavy (non-hydrogen) atoms. The second kappa shape index (κ2) is 7.28. The predicted octanol–water partition coefficient (Wildman–Crippen LogP) is 5.09. The third-order valence-electron chi connectivity index (χ3n) is 2.97. The quantitative estimate of drug-likeness (QED) is 0.517. The normalized spacial score (nSPS) is 12.3. The van der Waals surface area contributed by atoms with Crippen molar-refractivity contribution in [1.29, 1.82) is 0 Å². The molecule has 0 bridgehead atoms. The number of benzene rings is 1. The van der Waals surface area contributed by atoms with Crippen molar-refractivity contribution >= 4 is 30.4 Å². The Labute approximate surface area is 145 Å². The van der Waals surface area contributed by atoms with Crippen molar-refractivity contribution < 1.29 is 22.6 Å². The Balaban J connectivity index is 2.42. The average Bonchev–Trinajstić information content (AvgIpc) is 2.42. The summed E-state index contributed by atoms with van der Waals surface area (Å²) in [6, 6.07) is 4.72. The Morgan fingerprint density at radius 1 is 1.12 bits per heavy atom. The number of hydrogen-bond donors (Lipinski definition) is 0. The van der Waals surface area contributed by atoms with Crippen LogP contribution in [0.3, 0.4) is 0 Å². The molecule has 1 aromatic heterocycles. The summed E-state index contributed by atoms with van der Waals surface area (Å²) < 4.78 is 34.0. The van der Waals surface area contributed by atoms with E-state index in [9.17, 15) is 9.36 Å². The molecule has 1 heterocycles. The van der Waals surface area contributed by atoms with Crippen molar-refractivity contribution in [2.45, 2.75) is 46.8 Å². The minimum absolute atomic E-state index is 0.0353. The molecule has 0 saturated carbocycles. The average molecular weight is 375 g/mol. The summed E-state index contributed by atoms with van der Waals surface area (Å²) in [4.78, 5) is 11.7. The second-order valence-electron chi connectivity index (χ2n) is 5.83. The summed E-state index contributed by atoms with van der Waals surface area (Å²) in [7, 11) is -3.81. The van der Waals surface area contributed by atoms with Gasteiger partial charge in [0.15, 0.2) is 0 Å². The van der Waals surface area contributed by atoms with Crippen molar-refractivity contribution in [1.82, 2.24) is 0 Å². The van der Waals surface area contributed by atoms with Crippen LogP contribution in [0.5, 0.6) is 5.75 Å². The molecule has 0 aliphatic rings. The van der Waals surface area contributed by atoms with Crippen molar-refractivity contribution in [3.8, 4) is 5.75 Å². The van der Waals surface area contributed by atoms with Gasteiger partial charge in [-0.15, -0.1) is 0 Å². The van der Waals surface area contributed by atoms with E-state index in [1.54, 1.807) is 46.8 Å². The SMILES string of the molecule is Cc1c(Cl)c(=O)oc2cc(OP(=O)(OC(C)C)OC(C)C)ccc12. The lowest BCUT2D eigenvalue weighted by atomic mass is 10.1. The van der Waals surface area contributed by atoms with Crippen LogP contribution in [0, 0.1) is 6.92 Å². The van der Waals surface area contributed by atoms with Gasteiger partial charge in [0.25, 0.3) is 0 Å². The summed E-state index contributed by atoms with van der Waals surface area (Å²) in [5.41, 5.74) is 0.244. The van der Waals surface area contributed by atoms with Crippen molar-refractivity contribution in [3.05, 3.63) is 39.2 Å². The summed E-state index contributed by atoms with van der Waals surface area (Å²) in [6.45, 7) is 8.63. The highest BCUT2D eigenvalue weighted by Gasteiger charge is 2.31. The van der Waals surface area contributed by atoms with E-state index in [1.165, 1.54) is 6.07 Å². The lowest BCUT2D eigenvalue weighted by Gasteiger charge is -2.22. The van der Waals surface area contributed by atoms with Crippen molar-refractivity contribution in [3.63, 3.8) is 0 Å². The van der Waals surface area contributed by atoms with Crippen molar-refractivity contribution in [2.24, 2.45) is 0 Å². The summed E-state index contributed by atoms with van der Waals surface area (Å²) in [6.07, 6.45) is -0.706. The predicted molar refractivity (Wildman–Crippen MR) is 92.9 cm³/mol. The fraction of sp³-hybridized carbons (Fsp3) is 0.438. The fourth-order valence-electron chi connectivity index (χ4n) is 2.08. The first kappa shape index (κ1) is 19.0. The van der Waals surface area contributed by atoms with Gasteiger partial charge in [0.05, 0.1) is 12.2 Å². The van der Waals surface area contributed by atoms with E-state index in [1.807, 2.05) is 0 Å². The van der Waals surface area contributed by atoms with E-state index in [-0.39, 0.29) is 28.6 Å². The third-order valence-corrected chi connectivity index (χ3v) is 5.20. The molecule has 2 aromatic rings. The number of phosphoric ester groups is 1. The third kappa shape index (κ3) is 4.39. The molecule has 2 rings (SSSR count). The Kier molecular flexibility index (Phi) is 5.76. The Morgan fingerprint density at radius 3 is 2.25 bits per heavy atom. The number of hydrogen-bond acceptors (Lipinski definition) is 6. The van der Waals surface area contributed by atoms with Gasteiger partial charge >= 0.3 is 13.4 Å². The Morgan fingerprint density at radius 2 is 1.71 bits per heavy atom. The monoisotopic (exact) mass is 374 g/mol. The van der Waals surface area contributed by atoms with Gasteiger partial charge in [-0.05, 0) is 52.3 Å². The largest absolute Gasteiger partial charge is 0.530 e. The van der Waals surface area contributed by atoms with E-state index >= 15 is 0 Å². The standard InChI is InChI=1S/C16H20ClO6P/c1-9(2)21-24(19,22-10(3)4)23-12-6-7-13-11(5)15(17)16(18)20-14(13)8-12/h6-10H,1-5H3. The van der Waals surface area contributed by atoms with Gasteiger partial charge in [0.1, 0.15) is 16.4 Å². The first-order chi connectivity index (χ1) is 11.1. The van der Waals surface area contributed by atoms with Crippen LogP contribution in [0.15, 0.2) is 27.4 Å². The number of fused-ring (bicyclic) bond motifs is 1. The molecule has 0 fully saturated rings. The molecule has 0 aliphatic heterocycles. The second-order valence-corrected chi connectivity index (χ2v) is 7.71. The number of rotatable bonds is 6. The molecular formula is C16H20ClO6P. The van der Waals surface area contributed by atoms with Crippen LogP contribution in [0.25, 0.3) is 11.0 Å². The Hall–Kier alpha value is -1.33.